The van der Waals surface area contributed by atoms with Gasteiger partial charge >= 0.3 is 0 Å². The molecule has 0 saturated carbocycles. The van der Waals surface area contributed by atoms with Crippen LogP contribution in [0, 0.1) is 3.57 Å². The van der Waals surface area contributed by atoms with Gasteiger partial charge in [-0.3, -0.25) is 0 Å². The van der Waals surface area contributed by atoms with E-state index >= 15 is 0 Å². The molecular weight excluding hydrogens is 315 g/mol. The van der Waals surface area contributed by atoms with Gasteiger partial charge in [0.15, 0.2) is 0 Å². The zero-order valence-corrected chi connectivity index (χ0v) is 10.7. The fraction of sp³-hybridized carbons (Fsp3) is 0.111. The molecule has 1 heterocycles. The molecule has 0 saturated heterocycles. The molecule has 0 radical (unpaired) electrons. The smallest absolute Gasteiger partial charge is 0.150 e. The van der Waals surface area contributed by atoms with Gasteiger partial charge in [-0.15, -0.1) is 24.0 Å². The number of rotatable bonds is 1. The van der Waals surface area contributed by atoms with Gasteiger partial charge < -0.3 is 4.74 Å². The summed E-state index contributed by atoms with van der Waals surface area (Å²) in [5.41, 5.74) is 0. The van der Waals surface area contributed by atoms with E-state index in [4.69, 9.17) is 4.74 Å². The number of thiol groups is 1. The van der Waals surface area contributed by atoms with Crippen LogP contribution in [0.4, 0.5) is 0 Å². The molecule has 0 aliphatic heterocycles. The van der Waals surface area contributed by atoms with Crippen molar-refractivity contribution in [2.45, 2.75) is 4.90 Å². The average Bonchev–Trinajstić information content (AvgIpc) is 2.53. The summed E-state index contributed by atoms with van der Waals surface area (Å²) < 4.78 is 7.70. The largest absolute Gasteiger partial charge is 0.494 e. The highest BCUT2D eigenvalue weighted by Gasteiger charge is 2.09. The predicted molar refractivity (Wildman–Crippen MR) is 68.3 cm³/mol. The fourth-order valence-corrected chi connectivity index (χ4v) is 3.79. The maximum absolute atomic E-state index is 5.30. The highest BCUT2D eigenvalue weighted by atomic mass is 127. The quantitative estimate of drug-likeness (QED) is 0.621. The Bertz CT molecular complexity index is 450. The van der Waals surface area contributed by atoms with Crippen LogP contribution in [0.25, 0.3) is 10.1 Å². The molecule has 1 aromatic carbocycles. The van der Waals surface area contributed by atoms with Gasteiger partial charge in [0.05, 0.1) is 11.8 Å². The van der Waals surface area contributed by atoms with E-state index < -0.39 is 0 Å². The second-order valence-corrected chi connectivity index (χ2v) is 5.13. The fourth-order valence-electron chi connectivity index (χ4n) is 1.25. The molecule has 68 valence electrons. The van der Waals surface area contributed by atoms with Crippen molar-refractivity contribution in [1.82, 2.24) is 0 Å². The van der Waals surface area contributed by atoms with E-state index in [-0.39, 0.29) is 0 Å². The number of hydrogen-bond donors (Lipinski definition) is 1. The van der Waals surface area contributed by atoms with Crippen molar-refractivity contribution in [3.05, 3.63) is 21.1 Å². The maximum atomic E-state index is 5.30. The molecule has 0 aliphatic carbocycles. The number of fused-ring (bicyclic) bond motifs is 1. The van der Waals surface area contributed by atoms with Crippen molar-refractivity contribution in [3.8, 4) is 5.75 Å². The topological polar surface area (TPSA) is 9.23 Å². The number of halogens is 1. The molecule has 0 aliphatic rings. The standard InChI is InChI=1S/C9H7IOS2/c1-11-8-7(12)4-6(10)5-2-3-13-9(5)8/h2-4,12H,1H3. The Morgan fingerprint density at radius 3 is 3.00 bits per heavy atom. The van der Waals surface area contributed by atoms with Crippen molar-refractivity contribution < 1.29 is 4.74 Å². The lowest BCUT2D eigenvalue weighted by Gasteiger charge is -2.06. The van der Waals surface area contributed by atoms with Crippen LogP contribution in [0.15, 0.2) is 22.4 Å². The highest BCUT2D eigenvalue weighted by Crippen LogP contribution is 2.38. The Morgan fingerprint density at radius 2 is 2.31 bits per heavy atom. The van der Waals surface area contributed by atoms with Crippen LogP contribution >= 0.6 is 46.6 Å². The molecule has 2 aromatic rings. The lowest BCUT2D eigenvalue weighted by molar-refractivity contribution is 0.411. The van der Waals surface area contributed by atoms with Gasteiger partial charge in [-0.25, -0.2) is 0 Å². The lowest BCUT2D eigenvalue weighted by Crippen LogP contribution is -1.86. The van der Waals surface area contributed by atoms with Gasteiger partial charge in [0, 0.05) is 13.9 Å². The van der Waals surface area contributed by atoms with Crippen LogP contribution in [0.1, 0.15) is 0 Å². The van der Waals surface area contributed by atoms with Crippen LogP contribution in [0.5, 0.6) is 5.75 Å². The Morgan fingerprint density at radius 1 is 1.54 bits per heavy atom. The molecule has 0 bridgehead atoms. The summed E-state index contributed by atoms with van der Waals surface area (Å²) in [5, 5.41) is 3.32. The summed E-state index contributed by atoms with van der Waals surface area (Å²) in [6.45, 7) is 0. The Labute approximate surface area is 99.6 Å². The maximum Gasteiger partial charge on any atom is 0.150 e. The molecular formula is C9H7IOS2. The summed E-state index contributed by atoms with van der Waals surface area (Å²) >= 11 is 8.38. The first-order valence-electron chi connectivity index (χ1n) is 3.66. The molecule has 4 heteroatoms. The Kier molecular flexibility index (Phi) is 2.71. The highest BCUT2D eigenvalue weighted by molar-refractivity contribution is 14.1. The summed E-state index contributed by atoms with van der Waals surface area (Å²) in [5.74, 6) is 0.883. The van der Waals surface area contributed by atoms with Gasteiger partial charge in [0.1, 0.15) is 5.75 Å². The molecule has 0 spiro atoms. The van der Waals surface area contributed by atoms with Crippen LogP contribution in [-0.2, 0) is 0 Å². The van der Waals surface area contributed by atoms with Crippen molar-refractivity contribution >= 4 is 56.6 Å². The molecule has 0 fully saturated rings. The van der Waals surface area contributed by atoms with E-state index in [2.05, 4.69) is 46.7 Å². The van der Waals surface area contributed by atoms with Gasteiger partial charge in [-0.05, 0) is 40.1 Å². The minimum atomic E-state index is 0.883. The van der Waals surface area contributed by atoms with Crippen LogP contribution < -0.4 is 4.74 Å². The first kappa shape index (κ1) is 9.61. The number of thiophene rings is 1. The third-order valence-corrected chi connectivity index (χ3v) is 3.97. The number of hydrogen-bond acceptors (Lipinski definition) is 3. The number of benzene rings is 1. The van der Waals surface area contributed by atoms with E-state index in [0.717, 1.165) is 10.6 Å². The zero-order valence-electron chi connectivity index (χ0n) is 6.87. The van der Waals surface area contributed by atoms with Gasteiger partial charge in [0.25, 0.3) is 0 Å². The molecule has 1 nitrogen and oxygen atoms in total. The molecule has 0 N–H and O–H groups in total. The Balaban J connectivity index is 2.88. The van der Waals surface area contributed by atoms with E-state index in [9.17, 15) is 0 Å². The van der Waals surface area contributed by atoms with Gasteiger partial charge in [0.2, 0.25) is 0 Å². The molecule has 2 rings (SSSR count). The molecule has 0 unspecified atom stereocenters. The number of methoxy groups -OCH3 is 1. The molecule has 0 atom stereocenters. The van der Waals surface area contributed by atoms with E-state index in [0.29, 0.717) is 0 Å². The van der Waals surface area contributed by atoms with Crippen molar-refractivity contribution in [2.75, 3.05) is 7.11 Å². The van der Waals surface area contributed by atoms with Crippen LogP contribution in [-0.4, -0.2) is 7.11 Å². The van der Waals surface area contributed by atoms with Gasteiger partial charge in [-0.1, -0.05) is 0 Å². The van der Waals surface area contributed by atoms with Crippen molar-refractivity contribution in [3.63, 3.8) is 0 Å². The summed E-state index contributed by atoms with van der Waals surface area (Å²) in [6, 6.07) is 4.13. The van der Waals surface area contributed by atoms with E-state index in [1.54, 1.807) is 18.4 Å². The summed E-state index contributed by atoms with van der Waals surface area (Å²) in [7, 11) is 1.68. The first-order chi connectivity index (χ1) is 6.24. The third-order valence-electron chi connectivity index (χ3n) is 1.83. The third kappa shape index (κ3) is 1.55. The Hall–Kier alpha value is 0.0600. The van der Waals surface area contributed by atoms with E-state index in [1.807, 2.05) is 6.07 Å². The average molecular weight is 322 g/mol. The number of ether oxygens (including phenoxy) is 1. The minimum absolute atomic E-state index is 0.883. The van der Waals surface area contributed by atoms with Crippen LogP contribution in [0.3, 0.4) is 0 Å². The molecule has 13 heavy (non-hydrogen) atoms. The lowest BCUT2D eigenvalue weighted by atomic mass is 10.2. The predicted octanol–water partition coefficient (Wildman–Crippen LogP) is 3.80. The van der Waals surface area contributed by atoms with E-state index in [1.165, 1.54) is 13.7 Å². The normalized spacial score (nSPS) is 10.7. The second-order valence-electron chi connectivity index (χ2n) is 2.57. The van der Waals surface area contributed by atoms with Gasteiger partial charge in [-0.2, -0.15) is 0 Å². The summed E-state index contributed by atoms with van der Waals surface area (Å²) in [6.07, 6.45) is 0. The minimum Gasteiger partial charge on any atom is -0.494 e. The summed E-state index contributed by atoms with van der Waals surface area (Å²) in [4.78, 5) is 0.904. The van der Waals surface area contributed by atoms with Crippen molar-refractivity contribution in [1.29, 1.82) is 0 Å². The second kappa shape index (κ2) is 3.67. The first-order valence-corrected chi connectivity index (χ1v) is 6.07. The zero-order chi connectivity index (χ0) is 9.42. The molecule has 0 amide bonds. The SMILES string of the molecule is COc1c(S)cc(I)c2ccsc12. The molecule has 1 aromatic heterocycles. The monoisotopic (exact) mass is 322 g/mol. The van der Waals surface area contributed by atoms with Crippen molar-refractivity contribution in [2.24, 2.45) is 0 Å². The van der Waals surface area contributed by atoms with Crippen LogP contribution in [0.2, 0.25) is 0 Å².